The number of hydrogen-bond acceptors (Lipinski definition) is 3. The highest BCUT2D eigenvalue weighted by Crippen LogP contribution is 2.29. The smallest absolute Gasteiger partial charge is 0.115 e. The van der Waals surface area contributed by atoms with Gasteiger partial charge in [0.1, 0.15) is 5.75 Å². The molecule has 0 fully saturated rings. The van der Waals surface area contributed by atoms with E-state index in [1.807, 2.05) is 30.3 Å². The van der Waals surface area contributed by atoms with Gasteiger partial charge >= 0.3 is 0 Å². The minimum atomic E-state index is -0.866. The van der Waals surface area contributed by atoms with Gasteiger partial charge in [-0.3, -0.25) is 0 Å². The maximum absolute atomic E-state index is 9.32. The molecular formula is C15H14N2O. The van der Waals surface area contributed by atoms with E-state index < -0.39 is 5.41 Å². The fourth-order valence-corrected chi connectivity index (χ4v) is 1.99. The molecule has 3 heteroatoms. The molecule has 0 amide bonds. The monoisotopic (exact) mass is 238 g/mol. The van der Waals surface area contributed by atoms with Crippen LogP contribution in [-0.2, 0) is 5.41 Å². The number of phenolic OH excluding ortho intramolecular Hbond substituents is 1. The zero-order chi connectivity index (χ0) is 13.0. The fraction of sp³-hybridized carbons (Fsp3) is 0.0667. The molecule has 90 valence electrons. The van der Waals surface area contributed by atoms with Crippen molar-refractivity contribution in [2.75, 3.05) is 0 Å². The quantitative estimate of drug-likeness (QED) is 0.704. The summed E-state index contributed by atoms with van der Waals surface area (Å²) in [5.41, 5.74) is 0.784. The van der Waals surface area contributed by atoms with Crippen molar-refractivity contribution in [2.45, 2.75) is 5.41 Å². The molecule has 18 heavy (non-hydrogen) atoms. The highest BCUT2D eigenvalue weighted by molar-refractivity contribution is 5.98. The third-order valence-corrected chi connectivity index (χ3v) is 3.05. The van der Waals surface area contributed by atoms with Gasteiger partial charge in [-0.15, -0.1) is 0 Å². The normalized spacial score (nSPS) is 13.6. The third-order valence-electron chi connectivity index (χ3n) is 3.05. The second-order valence-corrected chi connectivity index (χ2v) is 4.07. The molecule has 0 atom stereocenters. The van der Waals surface area contributed by atoms with Gasteiger partial charge in [0.2, 0.25) is 0 Å². The Hall–Kier alpha value is -2.42. The van der Waals surface area contributed by atoms with Gasteiger partial charge in [-0.25, -0.2) is 0 Å². The lowest BCUT2D eigenvalue weighted by Gasteiger charge is -2.26. The lowest BCUT2D eigenvalue weighted by molar-refractivity contribution is 0.475. The topological polar surface area (TPSA) is 67.9 Å². The molecule has 3 N–H and O–H groups in total. The zero-order valence-corrected chi connectivity index (χ0v) is 9.80. The third kappa shape index (κ3) is 1.91. The average molecular weight is 238 g/mol. The van der Waals surface area contributed by atoms with E-state index in [-0.39, 0.29) is 5.75 Å². The Bertz CT molecular complexity index is 538. The van der Waals surface area contributed by atoms with Crippen molar-refractivity contribution in [1.82, 2.24) is 0 Å². The highest BCUT2D eigenvalue weighted by Gasteiger charge is 2.29. The predicted octanol–water partition coefficient (Wildman–Crippen LogP) is 2.98. The van der Waals surface area contributed by atoms with Crippen LogP contribution in [-0.4, -0.2) is 17.5 Å². The van der Waals surface area contributed by atoms with E-state index in [0.29, 0.717) is 0 Å². The molecule has 0 aromatic heterocycles. The first-order valence-corrected chi connectivity index (χ1v) is 5.61. The van der Waals surface area contributed by atoms with Crippen LogP contribution in [0.25, 0.3) is 0 Å². The zero-order valence-electron chi connectivity index (χ0n) is 9.80. The Morgan fingerprint density at radius 3 is 1.78 bits per heavy atom. The Balaban J connectivity index is 2.61. The summed E-state index contributed by atoms with van der Waals surface area (Å²) in [6.07, 6.45) is 2.50. The minimum absolute atomic E-state index is 0.177. The standard InChI is InChI=1S/C15H14N2O/c16-10-15(11-17,12-4-2-1-3-5-12)13-6-8-14(18)9-7-13/h1-11,16-18H. The summed E-state index contributed by atoms with van der Waals surface area (Å²) < 4.78 is 0. The minimum Gasteiger partial charge on any atom is -0.508 e. The molecule has 0 heterocycles. The van der Waals surface area contributed by atoms with Crippen LogP contribution in [0.3, 0.4) is 0 Å². The predicted molar refractivity (Wildman–Crippen MR) is 72.9 cm³/mol. The molecule has 0 unspecified atom stereocenters. The first kappa shape index (κ1) is 12.0. The van der Waals surface area contributed by atoms with Crippen molar-refractivity contribution in [3.05, 3.63) is 65.7 Å². The van der Waals surface area contributed by atoms with E-state index >= 15 is 0 Å². The summed E-state index contributed by atoms with van der Waals surface area (Å²) in [6, 6.07) is 16.1. The van der Waals surface area contributed by atoms with Gasteiger partial charge in [-0.1, -0.05) is 42.5 Å². The largest absolute Gasteiger partial charge is 0.508 e. The van der Waals surface area contributed by atoms with E-state index in [1.165, 1.54) is 12.4 Å². The summed E-state index contributed by atoms with van der Waals surface area (Å²) in [5, 5.41) is 24.7. The molecule has 0 aliphatic rings. The van der Waals surface area contributed by atoms with Crippen molar-refractivity contribution < 1.29 is 5.11 Å². The number of hydrogen-bond donors (Lipinski definition) is 3. The van der Waals surface area contributed by atoms with E-state index in [9.17, 15) is 5.11 Å². The average Bonchev–Trinajstić information content (AvgIpc) is 2.44. The molecule has 0 saturated carbocycles. The van der Waals surface area contributed by atoms with Gasteiger partial charge in [0.25, 0.3) is 0 Å². The SMILES string of the molecule is N=CC(C=N)(c1ccccc1)c1ccc(O)cc1. The van der Waals surface area contributed by atoms with Gasteiger partial charge in [0, 0.05) is 12.4 Å². The molecule has 0 aliphatic heterocycles. The molecule has 2 aromatic rings. The summed E-state index contributed by atoms with van der Waals surface area (Å²) >= 11 is 0. The van der Waals surface area contributed by atoms with Gasteiger partial charge in [-0.2, -0.15) is 0 Å². The number of nitrogens with one attached hydrogen (secondary N) is 2. The van der Waals surface area contributed by atoms with Crippen LogP contribution in [0.5, 0.6) is 5.75 Å². The molecule has 0 saturated heterocycles. The Morgan fingerprint density at radius 2 is 1.28 bits per heavy atom. The lowest BCUT2D eigenvalue weighted by atomic mass is 9.76. The van der Waals surface area contributed by atoms with Crippen LogP contribution in [0.2, 0.25) is 0 Å². The fourth-order valence-electron chi connectivity index (χ4n) is 1.99. The van der Waals surface area contributed by atoms with Crippen molar-refractivity contribution >= 4 is 12.4 Å². The summed E-state index contributed by atoms with van der Waals surface area (Å²) in [5.74, 6) is 0.177. The Kier molecular flexibility index (Phi) is 3.24. The molecule has 2 rings (SSSR count). The van der Waals surface area contributed by atoms with Gasteiger partial charge in [0.15, 0.2) is 0 Å². The summed E-state index contributed by atoms with van der Waals surface area (Å²) in [7, 11) is 0. The van der Waals surface area contributed by atoms with E-state index in [1.54, 1.807) is 24.3 Å². The van der Waals surface area contributed by atoms with Crippen molar-refractivity contribution in [3.63, 3.8) is 0 Å². The number of phenols is 1. The molecular weight excluding hydrogens is 224 g/mol. The number of rotatable bonds is 4. The van der Waals surface area contributed by atoms with Crippen LogP contribution >= 0.6 is 0 Å². The second-order valence-electron chi connectivity index (χ2n) is 4.07. The molecule has 0 spiro atoms. The van der Waals surface area contributed by atoms with Crippen molar-refractivity contribution in [1.29, 1.82) is 10.8 Å². The van der Waals surface area contributed by atoms with E-state index in [2.05, 4.69) is 0 Å². The maximum Gasteiger partial charge on any atom is 0.115 e. The summed E-state index contributed by atoms with van der Waals surface area (Å²) in [4.78, 5) is 0. The van der Waals surface area contributed by atoms with Crippen LogP contribution in [0, 0.1) is 10.8 Å². The number of benzene rings is 2. The number of aromatic hydroxyl groups is 1. The maximum atomic E-state index is 9.32. The first-order valence-electron chi connectivity index (χ1n) is 5.61. The molecule has 0 bridgehead atoms. The van der Waals surface area contributed by atoms with Crippen LogP contribution in [0.1, 0.15) is 11.1 Å². The molecule has 0 aliphatic carbocycles. The van der Waals surface area contributed by atoms with Crippen LogP contribution in [0.4, 0.5) is 0 Å². The first-order chi connectivity index (χ1) is 8.73. The second kappa shape index (κ2) is 4.84. The molecule has 2 aromatic carbocycles. The Morgan fingerprint density at radius 1 is 0.778 bits per heavy atom. The van der Waals surface area contributed by atoms with Gasteiger partial charge < -0.3 is 15.9 Å². The van der Waals surface area contributed by atoms with E-state index in [4.69, 9.17) is 10.8 Å². The lowest BCUT2D eigenvalue weighted by Crippen LogP contribution is -2.30. The molecule has 3 nitrogen and oxygen atoms in total. The Labute approximate surface area is 106 Å². The van der Waals surface area contributed by atoms with Crippen LogP contribution in [0.15, 0.2) is 54.6 Å². The molecule has 0 radical (unpaired) electrons. The summed E-state index contributed by atoms with van der Waals surface area (Å²) in [6.45, 7) is 0. The van der Waals surface area contributed by atoms with Gasteiger partial charge in [0.05, 0.1) is 5.41 Å². The highest BCUT2D eigenvalue weighted by atomic mass is 16.3. The van der Waals surface area contributed by atoms with E-state index in [0.717, 1.165) is 11.1 Å². The van der Waals surface area contributed by atoms with Crippen molar-refractivity contribution in [2.24, 2.45) is 0 Å². The van der Waals surface area contributed by atoms with Gasteiger partial charge in [-0.05, 0) is 23.3 Å². The van der Waals surface area contributed by atoms with Crippen LogP contribution < -0.4 is 0 Å². The van der Waals surface area contributed by atoms with Crippen molar-refractivity contribution in [3.8, 4) is 5.75 Å².